The van der Waals surface area contributed by atoms with E-state index in [-0.39, 0.29) is 6.09 Å². The second-order valence-corrected chi connectivity index (χ2v) is 7.02. The first-order valence-corrected chi connectivity index (χ1v) is 9.98. The summed E-state index contributed by atoms with van der Waals surface area (Å²) in [7, 11) is 0. The summed E-state index contributed by atoms with van der Waals surface area (Å²) >= 11 is 1.53. The molecule has 2 aromatic heterocycles. The molecule has 1 amide bonds. The van der Waals surface area contributed by atoms with Crippen LogP contribution in [0.5, 0.6) is 0 Å². The largest absolute Gasteiger partial charge is 0.447 e. The first-order valence-electron chi connectivity index (χ1n) is 9.10. The first-order chi connectivity index (χ1) is 13.7. The Balaban J connectivity index is 1.39. The van der Waals surface area contributed by atoms with Gasteiger partial charge in [0, 0.05) is 29.4 Å². The molecule has 1 aliphatic rings. The molecule has 4 rings (SSSR count). The summed E-state index contributed by atoms with van der Waals surface area (Å²) < 4.78 is 12.2. The van der Waals surface area contributed by atoms with Crippen LogP contribution in [0.3, 0.4) is 0 Å². The van der Waals surface area contributed by atoms with Crippen molar-refractivity contribution < 1.29 is 14.3 Å². The second-order valence-electron chi connectivity index (χ2n) is 6.16. The number of thiazole rings is 1. The van der Waals surface area contributed by atoms with E-state index in [0.717, 1.165) is 34.3 Å². The van der Waals surface area contributed by atoms with E-state index in [1.807, 2.05) is 47.4 Å². The molecule has 3 heterocycles. The minimum atomic E-state index is -0.297. The van der Waals surface area contributed by atoms with Gasteiger partial charge in [0.05, 0.1) is 37.3 Å². The normalized spacial score (nSPS) is 13.8. The molecule has 3 aromatic rings. The fourth-order valence-corrected chi connectivity index (χ4v) is 3.62. The number of aromatic nitrogens is 3. The van der Waals surface area contributed by atoms with Crippen molar-refractivity contribution in [2.45, 2.75) is 13.5 Å². The van der Waals surface area contributed by atoms with Gasteiger partial charge in [0.25, 0.3) is 0 Å². The van der Waals surface area contributed by atoms with Gasteiger partial charge in [0.2, 0.25) is 0 Å². The molecule has 1 aromatic carbocycles. The molecular formula is C19H21N5O3S. The van der Waals surface area contributed by atoms with Crippen LogP contribution >= 0.6 is 11.3 Å². The predicted octanol–water partition coefficient (Wildman–Crippen LogP) is 3.74. The molecular weight excluding hydrogens is 378 g/mol. The third-order valence-corrected chi connectivity index (χ3v) is 5.05. The maximum absolute atomic E-state index is 11.7. The molecule has 0 unspecified atom stereocenters. The molecule has 1 N–H and O–H groups in total. The maximum Gasteiger partial charge on any atom is 0.414 e. The zero-order chi connectivity index (χ0) is 19.3. The van der Waals surface area contributed by atoms with Gasteiger partial charge in [0.15, 0.2) is 5.13 Å². The van der Waals surface area contributed by atoms with Crippen molar-refractivity contribution in [1.82, 2.24) is 14.8 Å². The highest BCUT2D eigenvalue weighted by atomic mass is 32.1. The number of carbonyl (C=O) groups is 1. The second kappa shape index (κ2) is 8.41. The molecule has 9 heteroatoms. The topological polar surface area (TPSA) is 81.5 Å². The van der Waals surface area contributed by atoms with E-state index in [1.165, 1.54) is 11.3 Å². The summed E-state index contributed by atoms with van der Waals surface area (Å²) in [5.41, 5.74) is 3.60. The molecule has 146 valence electrons. The number of carbonyl (C=O) groups excluding carboxylic acids is 1. The Morgan fingerprint density at radius 3 is 2.93 bits per heavy atom. The van der Waals surface area contributed by atoms with Gasteiger partial charge in [-0.1, -0.05) is 12.1 Å². The molecule has 1 saturated heterocycles. The number of ether oxygens (including phenoxy) is 2. The average Bonchev–Trinajstić information content (AvgIpc) is 3.44. The van der Waals surface area contributed by atoms with Crippen LogP contribution in [0.15, 0.2) is 42.0 Å². The van der Waals surface area contributed by atoms with Crippen LogP contribution in [-0.2, 0) is 16.0 Å². The fourth-order valence-electron chi connectivity index (χ4n) is 2.88. The monoisotopic (exact) mass is 399 g/mol. The van der Waals surface area contributed by atoms with Gasteiger partial charge in [-0.3, -0.25) is 9.58 Å². The molecule has 0 aliphatic carbocycles. The smallest absolute Gasteiger partial charge is 0.414 e. The van der Waals surface area contributed by atoms with Crippen molar-refractivity contribution in [2.24, 2.45) is 0 Å². The van der Waals surface area contributed by atoms with E-state index in [0.29, 0.717) is 26.4 Å². The number of nitrogens with one attached hydrogen (secondary N) is 1. The van der Waals surface area contributed by atoms with Crippen LogP contribution < -0.4 is 10.2 Å². The molecule has 0 radical (unpaired) electrons. The summed E-state index contributed by atoms with van der Waals surface area (Å²) in [5, 5.41) is 10.4. The number of cyclic esters (lactones) is 1. The lowest BCUT2D eigenvalue weighted by atomic mass is 10.1. The molecule has 8 nitrogen and oxygen atoms in total. The number of amides is 1. The van der Waals surface area contributed by atoms with Gasteiger partial charge in [-0.05, 0) is 19.1 Å². The van der Waals surface area contributed by atoms with E-state index in [1.54, 1.807) is 11.1 Å². The van der Waals surface area contributed by atoms with Gasteiger partial charge < -0.3 is 14.8 Å². The summed E-state index contributed by atoms with van der Waals surface area (Å²) in [6, 6.07) is 7.75. The minimum Gasteiger partial charge on any atom is -0.447 e. The maximum atomic E-state index is 11.7. The zero-order valence-corrected chi connectivity index (χ0v) is 16.3. The summed E-state index contributed by atoms with van der Waals surface area (Å²) in [6.07, 6.45) is 3.41. The third-order valence-electron chi connectivity index (χ3n) is 4.29. The van der Waals surface area contributed by atoms with Crippen molar-refractivity contribution >= 4 is 33.9 Å². The molecule has 0 bridgehead atoms. The van der Waals surface area contributed by atoms with Crippen LogP contribution in [0.1, 0.15) is 6.92 Å². The highest BCUT2D eigenvalue weighted by Gasteiger charge is 2.23. The molecule has 0 atom stereocenters. The number of anilines is 3. The van der Waals surface area contributed by atoms with E-state index < -0.39 is 0 Å². The van der Waals surface area contributed by atoms with Crippen molar-refractivity contribution in [3.05, 3.63) is 42.0 Å². The van der Waals surface area contributed by atoms with Crippen LogP contribution in [-0.4, -0.2) is 47.2 Å². The fraction of sp³-hybridized carbons (Fsp3) is 0.316. The lowest BCUT2D eigenvalue weighted by Crippen LogP contribution is -2.23. The SMILES string of the molecule is CCOCCn1cc(Nc2nc(-c3ccc(N4CCOC4=O)cc3)cs2)cn1. The van der Waals surface area contributed by atoms with Crippen molar-refractivity contribution in [3.8, 4) is 11.3 Å². The minimum absolute atomic E-state index is 0.297. The Morgan fingerprint density at radius 1 is 1.32 bits per heavy atom. The van der Waals surface area contributed by atoms with Crippen LogP contribution in [0.4, 0.5) is 21.3 Å². The number of rotatable bonds is 8. The summed E-state index contributed by atoms with van der Waals surface area (Å²) in [4.78, 5) is 17.9. The summed E-state index contributed by atoms with van der Waals surface area (Å²) in [6.45, 7) is 5.06. The Labute approximate surface area is 166 Å². The zero-order valence-electron chi connectivity index (χ0n) is 15.5. The predicted molar refractivity (Wildman–Crippen MR) is 108 cm³/mol. The third kappa shape index (κ3) is 4.15. The van der Waals surface area contributed by atoms with Gasteiger partial charge in [-0.2, -0.15) is 5.10 Å². The van der Waals surface area contributed by atoms with Crippen LogP contribution in [0.25, 0.3) is 11.3 Å². The lowest BCUT2D eigenvalue weighted by molar-refractivity contribution is 0.136. The Hall–Kier alpha value is -2.91. The van der Waals surface area contributed by atoms with Crippen LogP contribution in [0.2, 0.25) is 0 Å². The van der Waals surface area contributed by atoms with Crippen molar-refractivity contribution in [3.63, 3.8) is 0 Å². The first kappa shape index (κ1) is 18.5. The standard InChI is InChI=1S/C19H21N5O3S/c1-2-26-9-7-23-12-15(11-20-23)21-18-22-17(13-28-18)14-3-5-16(6-4-14)24-8-10-27-19(24)25/h3-6,11-13H,2,7-10H2,1H3,(H,21,22). The number of hydrogen-bond donors (Lipinski definition) is 1. The van der Waals surface area contributed by atoms with Crippen molar-refractivity contribution in [1.29, 1.82) is 0 Å². The molecule has 1 aliphatic heterocycles. The van der Waals surface area contributed by atoms with Crippen LogP contribution in [0, 0.1) is 0 Å². The Kier molecular flexibility index (Phi) is 5.54. The Morgan fingerprint density at radius 2 is 2.18 bits per heavy atom. The van der Waals surface area contributed by atoms with Crippen molar-refractivity contribution in [2.75, 3.05) is 36.6 Å². The highest BCUT2D eigenvalue weighted by molar-refractivity contribution is 7.14. The molecule has 28 heavy (non-hydrogen) atoms. The van der Waals surface area contributed by atoms with E-state index in [2.05, 4.69) is 15.4 Å². The molecule has 0 saturated carbocycles. The summed E-state index contributed by atoms with van der Waals surface area (Å²) in [5.74, 6) is 0. The highest BCUT2D eigenvalue weighted by Crippen LogP contribution is 2.29. The van der Waals surface area contributed by atoms with Gasteiger partial charge in [-0.15, -0.1) is 11.3 Å². The van der Waals surface area contributed by atoms with Gasteiger partial charge in [-0.25, -0.2) is 9.78 Å². The number of nitrogens with zero attached hydrogens (tertiary/aromatic N) is 4. The Bertz CT molecular complexity index is 937. The molecule has 1 fully saturated rings. The van der Waals surface area contributed by atoms with E-state index >= 15 is 0 Å². The number of benzene rings is 1. The van der Waals surface area contributed by atoms with Gasteiger partial charge >= 0.3 is 6.09 Å². The molecule has 0 spiro atoms. The van der Waals surface area contributed by atoms with E-state index in [4.69, 9.17) is 9.47 Å². The quantitative estimate of drug-likeness (QED) is 0.581. The number of hydrogen-bond acceptors (Lipinski definition) is 7. The van der Waals surface area contributed by atoms with Gasteiger partial charge in [0.1, 0.15) is 6.61 Å². The lowest BCUT2D eigenvalue weighted by Gasteiger charge is -2.12. The average molecular weight is 399 g/mol. The van der Waals surface area contributed by atoms with E-state index in [9.17, 15) is 4.79 Å².